The van der Waals surface area contributed by atoms with E-state index < -0.39 is 0 Å². The summed E-state index contributed by atoms with van der Waals surface area (Å²) in [6, 6.07) is 5.95. The molecule has 0 aliphatic rings. The van der Waals surface area contributed by atoms with Crippen LogP contribution in [-0.2, 0) is 17.6 Å². The van der Waals surface area contributed by atoms with Gasteiger partial charge in [-0.2, -0.15) is 0 Å². The second-order valence-electron chi connectivity index (χ2n) is 3.90. The van der Waals surface area contributed by atoms with E-state index in [1.54, 1.807) is 0 Å². The fraction of sp³-hybridized carbons (Fsp3) is 0.500. The number of ether oxygens (including phenoxy) is 1. The van der Waals surface area contributed by atoms with Crippen molar-refractivity contribution in [1.82, 2.24) is 0 Å². The Bertz CT molecular complexity index is 374. The lowest BCUT2D eigenvalue weighted by Crippen LogP contribution is -2.06. The minimum Gasteiger partial charge on any atom is -0.462 e. The number of alkyl halides is 1. The molecular weight excluding hydrogens is 236 g/mol. The Balaban J connectivity index is 2.92. The lowest BCUT2D eigenvalue weighted by Gasteiger charge is -2.08. The van der Waals surface area contributed by atoms with Crippen LogP contribution in [-0.4, -0.2) is 18.5 Å². The van der Waals surface area contributed by atoms with Crippen LogP contribution in [0.1, 0.15) is 41.8 Å². The van der Waals surface area contributed by atoms with Crippen molar-refractivity contribution in [3.8, 4) is 0 Å². The highest BCUT2D eigenvalue weighted by atomic mass is 35.5. The molecule has 0 bridgehead atoms. The number of rotatable bonds is 6. The van der Waals surface area contributed by atoms with Gasteiger partial charge in [0.2, 0.25) is 0 Å². The van der Waals surface area contributed by atoms with E-state index in [2.05, 4.69) is 13.0 Å². The number of carbonyl (C=O) groups excluding carboxylic acids is 1. The van der Waals surface area contributed by atoms with E-state index in [-0.39, 0.29) is 5.97 Å². The lowest BCUT2D eigenvalue weighted by atomic mass is 10.0. The van der Waals surface area contributed by atoms with Gasteiger partial charge in [0.1, 0.15) is 0 Å². The summed E-state index contributed by atoms with van der Waals surface area (Å²) in [7, 11) is 0. The molecule has 0 radical (unpaired) electrons. The summed E-state index contributed by atoms with van der Waals surface area (Å²) >= 11 is 5.69. The van der Waals surface area contributed by atoms with Crippen LogP contribution in [0.5, 0.6) is 0 Å². The molecule has 0 aliphatic carbocycles. The van der Waals surface area contributed by atoms with Crippen LogP contribution in [0.15, 0.2) is 18.2 Å². The summed E-state index contributed by atoms with van der Waals surface area (Å²) in [6.45, 7) is 4.30. The molecule has 1 aromatic rings. The van der Waals surface area contributed by atoms with E-state index in [0.29, 0.717) is 18.1 Å². The maximum absolute atomic E-state index is 11.7. The van der Waals surface area contributed by atoms with Gasteiger partial charge in [0.25, 0.3) is 0 Å². The zero-order chi connectivity index (χ0) is 12.7. The molecule has 0 aromatic heterocycles. The van der Waals surface area contributed by atoms with E-state index in [1.807, 2.05) is 19.1 Å². The Morgan fingerprint density at radius 1 is 1.24 bits per heavy atom. The number of hydrogen-bond acceptors (Lipinski definition) is 2. The maximum atomic E-state index is 11.7. The fourth-order valence-electron chi connectivity index (χ4n) is 1.71. The van der Waals surface area contributed by atoms with Crippen LogP contribution in [0.4, 0.5) is 0 Å². The standard InChI is InChI=1S/C14H19ClO2/c1-3-11-8-12(6-5-7-15)10-13(9-11)14(16)17-4-2/h8-10H,3-7H2,1-2H3. The van der Waals surface area contributed by atoms with Crippen molar-refractivity contribution in [1.29, 1.82) is 0 Å². The van der Waals surface area contributed by atoms with E-state index >= 15 is 0 Å². The van der Waals surface area contributed by atoms with Gasteiger partial charge in [-0.3, -0.25) is 0 Å². The molecule has 2 nitrogen and oxygen atoms in total. The number of esters is 1. The molecule has 0 aliphatic heterocycles. The van der Waals surface area contributed by atoms with Crippen molar-refractivity contribution in [3.63, 3.8) is 0 Å². The molecule has 0 heterocycles. The van der Waals surface area contributed by atoms with Crippen LogP contribution in [0.25, 0.3) is 0 Å². The molecule has 1 aromatic carbocycles. The van der Waals surface area contributed by atoms with Crippen LogP contribution in [0.3, 0.4) is 0 Å². The van der Waals surface area contributed by atoms with E-state index in [1.165, 1.54) is 5.56 Å². The summed E-state index contributed by atoms with van der Waals surface area (Å²) in [5.41, 5.74) is 2.98. The maximum Gasteiger partial charge on any atom is 0.338 e. The molecular formula is C14H19ClO2. The van der Waals surface area contributed by atoms with Crippen molar-refractivity contribution >= 4 is 17.6 Å². The van der Waals surface area contributed by atoms with Crippen molar-refractivity contribution in [3.05, 3.63) is 34.9 Å². The van der Waals surface area contributed by atoms with E-state index in [0.717, 1.165) is 24.8 Å². The molecule has 0 fully saturated rings. The van der Waals surface area contributed by atoms with Gasteiger partial charge in [0, 0.05) is 5.88 Å². The molecule has 94 valence electrons. The van der Waals surface area contributed by atoms with Gasteiger partial charge in [-0.1, -0.05) is 13.0 Å². The van der Waals surface area contributed by atoms with Crippen molar-refractivity contribution in [2.24, 2.45) is 0 Å². The molecule has 0 N–H and O–H groups in total. The van der Waals surface area contributed by atoms with Gasteiger partial charge in [-0.05, 0) is 49.4 Å². The summed E-state index contributed by atoms with van der Waals surface area (Å²) in [4.78, 5) is 11.7. The molecule has 1 rings (SSSR count). The minimum absolute atomic E-state index is 0.241. The number of carbonyl (C=O) groups is 1. The summed E-state index contributed by atoms with van der Waals surface area (Å²) in [5, 5.41) is 0. The quantitative estimate of drug-likeness (QED) is 0.573. The fourth-order valence-corrected chi connectivity index (χ4v) is 1.85. The highest BCUT2D eigenvalue weighted by Crippen LogP contribution is 2.14. The topological polar surface area (TPSA) is 26.3 Å². The van der Waals surface area contributed by atoms with Gasteiger partial charge in [-0.25, -0.2) is 4.79 Å². The van der Waals surface area contributed by atoms with Crippen LogP contribution in [0.2, 0.25) is 0 Å². The van der Waals surface area contributed by atoms with Gasteiger partial charge in [0.05, 0.1) is 12.2 Å². The molecule has 0 saturated heterocycles. The zero-order valence-electron chi connectivity index (χ0n) is 10.5. The third-order valence-electron chi connectivity index (χ3n) is 2.57. The van der Waals surface area contributed by atoms with Gasteiger partial charge in [-0.15, -0.1) is 11.6 Å². The van der Waals surface area contributed by atoms with E-state index in [4.69, 9.17) is 16.3 Å². The zero-order valence-corrected chi connectivity index (χ0v) is 11.2. The minimum atomic E-state index is -0.241. The Labute approximate surface area is 108 Å². The van der Waals surface area contributed by atoms with Gasteiger partial charge < -0.3 is 4.74 Å². The highest BCUT2D eigenvalue weighted by molar-refractivity contribution is 6.17. The largest absolute Gasteiger partial charge is 0.462 e. The lowest BCUT2D eigenvalue weighted by molar-refractivity contribution is 0.0526. The Hall–Kier alpha value is -1.02. The molecule has 0 atom stereocenters. The summed E-state index contributed by atoms with van der Waals surface area (Å²) in [5.74, 6) is 0.403. The molecule has 17 heavy (non-hydrogen) atoms. The van der Waals surface area contributed by atoms with Crippen LogP contribution >= 0.6 is 11.6 Å². The molecule has 0 saturated carbocycles. The number of hydrogen-bond donors (Lipinski definition) is 0. The summed E-state index contributed by atoms with van der Waals surface area (Å²) < 4.78 is 5.02. The molecule has 0 spiro atoms. The third kappa shape index (κ3) is 4.39. The van der Waals surface area contributed by atoms with Crippen LogP contribution in [0, 0.1) is 0 Å². The molecule has 0 unspecified atom stereocenters. The first-order valence-corrected chi connectivity index (χ1v) is 6.60. The Kier molecular flexibility index (Phi) is 6.06. The Morgan fingerprint density at radius 2 is 1.94 bits per heavy atom. The summed E-state index contributed by atoms with van der Waals surface area (Å²) in [6.07, 6.45) is 2.75. The average Bonchev–Trinajstić information content (AvgIpc) is 2.36. The van der Waals surface area contributed by atoms with Crippen LogP contribution < -0.4 is 0 Å². The Morgan fingerprint density at radius 3 is 2.53 bits per heavy atom. The highest BCUT2D eigenvalue weighted by Gasteiger charge is 2.09. The average molecular weight is 255 g/mol. The molecule has 0 amide bonds. The predicted octanol–water partition coefficient (Wildman–Crippen LogP) is 3.60. The SMILES string of the molecule is CCOC(=O)c1cc(CC)cc(CCCCl)c1. The number of benzene rings is 1. The number of aryl methyl sites for hydroxylation is 2. The third-order valence-corrected chi connectivity index (χ3v) is 2.84. The van der Waals surface area contributed by atoms with Crippen molar-refractivity contribution in [2.45, 2.75) is 33.1 Å². The van der Waals surface area contributed by atoms with Gasteiger partial charge >= 0.3 is 5.97 Å². The van der Waals surface area contributed by atoms with Crippen molar-refractivity contribution < 1.29 is 9.53 Å². The first-order valence-electron chi connectivity index (χ1n) is 6.07. The molecule has 3 heteroatoms. The monoisotopic (exact) mass is 254 g/mol. The second-order valence-corrected chi connectivity index (χ2v) is 4.28. The second kappa shape index (κ2) is 7.33. The number of halogens is 1. The first kappa shape index (κ1) is 14.0. The predicted molar refractivity (Wildman–Crippen MR) is 70.8 cm³/mol. The van der Waals surface area contributed by atoms with Gasteiger partial charge in [0.15, 0.2) is 0 Å². The first-order chi connectivity index (χ1) is 8.21. The smallest absolute Gasteiger partial charge is 0.338 e. The normalized spacial score (nSPS) is 10.3. The van der Waals surface area contributed by atoms with E-state index in [9.17, 15) is 4.79 Å². The van der Waals surface area contributed by atoms with Crippen molar-refractivity contribution in [2.75, 3.05) is 12.5 Å².